The molecule has 1 radical (unpaired) electrons. The summed E-state index contributed by atoms with van der Waals surface area (Å²) >= 11 is 19.3. The van der Waals surface area contributed by atoms with Gasteiger partial charge < -0.3 is 0 Å². The molecular weight excluding hydrogens is 177 g/mol. The molecule has 0 heterocycles. The summed E-state index contributed by atoms with van der Waals surface area (Å²) in [5.74, 6) is 0. The molecule has 6 heavy (non-hydrogen) atoms. The first-order chi connectivity index (χ1) is 2.00. The van der Waals surface area contributed by atoms with E-state index in [9.17, 15) is 0 Å². The summed E-state index contributed by atoms with van der Waals surface area (Å²) < 4.78 is -1.61. The Kier molecular flexibility index (Phi) is 7.50. The quantitative estimate of drug-likeness (QED) is 0.392. The molecule has 0 nitrogen and oxygen atoms in total. The van der Waals surface area contributed by atoms with Gasteiger partial charge in [-0.1, -0.05) is 46.4 Å². The van der Waals surface area contributed by atoms with Crippen molar-refractivity contribution in [3.63, 3.8) is 0 Å². The molecule has 0 amide bonds. The van der Waals surface area contributed by atoms with E-state index in [1.54, 1.807) is 0 Å². The molecule has 0 fully saturated rings. The second kappa shape index (κ2) is 4.08. The summed E-state index contributed by atoms with van der Waals surface area (Å²) in [5, 5.41) is 0. The van der Waals surface area contributed by atoms with Gasteiger partial charge in [-0.05, 0) is 0 Å². The van der Waals surface area contributed by atoms with Gasteiger partial charge in [0, 0.05) is 29.6 Å². The van der Waals surface area contributed by atoms with E-state index < -0.39 is 3.25 Å². The van der Waals surface area contributed by atoms with Gasteiger partial charge in [0.1, 0.15) is 0 Å². The van der Waals surface area contributed by atoms with Crippen LogP contribution in [-0.2, 0) is 0 Å². The minimum absolute atomic E-state index is 0. The normalized spacial score (nSPS) is 10.0. The maximum absolute atomic E-state index is 4.83. The average molecular weight is 177 g/mol. The van der Waals surface area contributed by atoms with Crippen molar-refractivity contribution < 1.29 is 0 Å². The predicted molar refractivity (Wildman–Crippen MR) is 31.9 cm³/mol. The first-order valence-corrected chi connectivity index (χ1v) is 2.27. The topological polar surface area (TPSA) is 0 Å². The van der Waals surface area contributed by atoms with Crippen LogP contribution in [0.2, 0.25) is 0 Å². The van der Waals surface area contributed by atoms with E-state index in [-0.39, 0.29) is 29.6 Å². The molecule has 0 aromatic rings. The Morgan fingerprint density at radius 3 is 0.833 bits per heavy atom. The van der Waals surface area contributed by atoms with Gasteiger partial charge in [-0.25, -0.2) is 0 Å². The third kappa shape index (κ3) is 35.2. The molecule has 33 valence electrons. The molecule has 0 aliphatic heterocycles. The molecule has 0 N–H and O–H groups in total. The van der Waals surface area contributed by atoms with Crippen molar-refractivity contribution in [1.82, 2.24) is 0 Å². The number of alkyl halides is 4. The smallest absolute Gasteiger partial charge is 0.0664 e. The van der Waals surface area contributed by atoms with Crippen LogP contribution in [0, 0.1) is 0 Å². The Bertz CT molecular complexity index is 23.0. The Labute approximate surface area is 78.4 Å². The standard InChI is InChI=1S/CCl4.Na/c2-1(3,4)5;. The molecule has 0 aromatic heterocycles. The molecule has 0 aliphatic rings. The van der Waals surface area contributed by atoms with Gasteiger partial charge in [-0.3, -0.25) is 0 Å². The molecule has 0 aromatic carbocycles. The fourth-order valence-corrected chi connectivity index (χ4v) is 0. The van der Waals surface area contributed by atoms with Crippen molar-refractivity contribution in [1.29, 1.82) is 0 Å². The van der Waals surface area contributed by atoms with Crippen LogP contribution in [0.1, 0.15) is 0 Å². The second-order valence-electron chi connectivity index (χ2n) is 0.429. The first kappa shape index (κ1) is 11.0. The van der Waals surface area contributed by atoms with E-state index >= 15 is 0 Å². The minimum Gasteiger partial charge on any atom is -0.0664 e. The van der Waals surface area contributed by atoms with Crippen LogP contribution in [0.15, 0.2) is 0 Å². The maximum Gasteiger partial charge on any atom is 0.266 e. The molecule has 0 saturated heterocycles. The molecule has 0 unspecified atom stereocenters. The SMILES string of the molecule is ClC(Cl)(Cl)Cl.[Na]. The van der Waals surface area contributed by atoms with Gasteiger partial charge in [0.15, 0.2) is 0 Å². The molecule has 0 aliphatic carbocycles. The molecule has 0 atom stereocenters. The maximum atomic E-state index is 4.83. The number of hydrogen-bond acceptors (Lipinski definition) is 0. The Hall–Kier alpha value is 2.16. The molecular formula is CCl4Na. The summed E-state index contributed by atoms with van der Waals surface area (Å²) in [5.41, 5.74) is 0. The van der Waals surface area contributed by atoms with Gasteiger partial charge in [-0.2, -0.15) is 0 Å². The summed E-state index contributed by atoms with van der Waals surface area (Å²) in [6, 6.07) is 0. The second-order valence-corrected chi connectivity index (χ2v) is 3.86. The Morgan fingerprint density at radius 1 is 0.833 bits per heavy atom. The zero-order chi connectivity index (χ0) is 4.50. The van der Waals surface area contributed by atoms with Gasteiger partial charge in [0.05, 0.1) is 0 Å². The Balaban J connectivity index is 0. The molecule has 0 spiro atoms. The van der Waals surface area contributed by atoms with Gasteiger partial charge in [-0.15, -0.1) is 0 Å². The van der Waals surface area contributed by atoms with E-state index in [0.29, 0.717) is 0 Å². The molecule has 5 heteroatoms. The van der Waals surface area contributed by atoms with Gasteiger partial charge in [0.25, 0.3) is 3.25 Å². The third-order valence-electron chi connectivity index (χ3n) is 0. The number of halogens is 4. The number of hydrogen-bond donors (Lipinski definition) is 0. The minimum atomic E-state index is -1.61. The van der Waals surface area contributed by atoms with Crippen LogP contribution in [-0.4, -0.2) is 32.8 Å². The predicted octanol–water partition coefficient (Wildman–Crippen LogP) is 2.17. The number of rotatable bonds is 0. The van der Waals surface area contributed by atoms with E-state index in [2.05, 4.69) is 0 Å². The van der Waals surface area contributed by atoms with E-state index in [4.69, 9.17) is 46.4 Å². The fraction of sp³-hybridized carbons (Fsp3) is 1.00. The summed E-state index contributed by atoms with van der Waals surface area (Å²) in [4.78, 5) is 0. The molecule has 0 rings (SSSR count). The van der Waals surface area contributed by atoms with Crippen LogP contribution in [0.4, 0.5) is 0 Å². The van der Waals surface area contributed by atoms with Crippen molar-refractivity contribution in [2.24, 2.45) is 0 Å². The van der Waals surface area contributed by atoms with Crippen molar-refractivity contribution in [2.45, 2.75) is 3.25 Å². The van der Waals surface area contributed by atoms with Gasteiger partial charge >= 0.3 is 0 Å². The van der Waals surface area contributed by atoms with Crippen molar-refractivity contribution in [3.8, 4) is 0 Å². The summed E-state index contributed by atoms with van der Waals surface area (Å²) in [6.07, 6.45) is 0. The average Bonchev–Trinajstić information content (AvgIpc) is 0.722. The van der Waals surface area contributed by atoms with Crippen LogP contribution < -0.4 is 0 Å². The van der Waals surface area contributed by atoms with Gasteiger partial charge in [0.2, 0.25) is 0 Å². The van der Waals surface area contributed by atoms with E-state index in [1.807, 2.05) is 0 Å². The van der Waals surface area contributed by atoms with E-state index in [0.717, 1.165) is 0 Å². The zero-order valence-electron chi connectivity index (χ0n) is 3.01. The van der Waals surface area contributed by atoms with Crippen molar-refractivity contribution >= 4 is 76.0 Å². The van der Waals surface area contributed by atoms with Crippen LogP contribution in [0.3, 0.4) is 0 Å². The summed E-state index contributed by atoms with van der Waals surface area (Å²) in [6.45, 7) is 0. The van der Waals surface area contributed by atoms with Crippen LogP contribution in [0.25, 0.3) is 0 Å². The van der Waals surface area contributed by atoms with Crippen molar-refractivity contribution in [3.05, 3.63) is 0 Å². The molecule has 0 bridgehead atoms. The third-order valence-corrected chi connectivity index (χ3v) is 0. The van der Waals surface area contributed by atoms with Crippen molar-refractivity contribution in [2.75, 3.05) is 0 Å². The fourth-order valence-electron chi connectivity index (χ4n) is 0. The largest absolute Gasteiger partial charge is 0.266 e. The molecule has 0 saturated carbocycles. The first-order valence-electron chi connectivity index (χ1n) is 0.756. The van der Waals surface area contributed by atoms with Crippen LogP contribution in [0.5, 0.6) is 0 Å². The van der Waals surface area contributed by atoms with Crippen LogP contribution >= 0.6 is 46.4 Å². The monoisotopic (exact) mass is 175 g/mol. The summed E-state index contributed by atoms with van der Waals surface area (Å²) in [7, 11) is 0. The van der Waals surface area contributed by atoms with E-state index in [1.165, 1.54) is 0 Å². The Morgan fingerprint density at radius 2 is 0.833 bits per heavy atom. The zero-order valence-corrected chi connectivity index (χ0v) is 8.04.